The molecule has 2 heterocycles. The van der Waals surface area contributed by atoms with E-state index in [1.165, 1.54) is 0 Å². The van der Waals surface area contributed by atoms with Gasteiger partial charge in [0, 0.05) is 29.6 Å². The normalized spacial score (nSPS) is 12.0. The molecule has 2 aromatic rings. The lowest BCUT2D eigenvalue weighted by Gasteiger charge is -2.14. The minimum atomic E-state index is 0.122. The van der Waals surface area contributed by atoms with Gasteiger partial charge in [-0.2, -0.15) is 5.10 Å². The molecule has 0 aliphatic rings. The first-order valence-electron chi connectivity index (χ1n) is 4.92. The number of thiazole rings is 1. The van der Waals surface area contributed by atoms with Gasteiger partial charge in [0.15, 0.2) is 0 Å². The lowest BCUT2D eigenvalue weighted by molar-refractivity contribution is 0.573. The number of nitrogens with zero attached hydrogens (tertiary/aromatic N) is 3. The molecule has 0 aliphatic carbocycles. The van der Waals surface area contributed by atoms with Crippen molar-refractivity contribution in [1.82, 2.24) is 14.8 Å². The standard InChI is InChI=1S/C11H15N3S/c1-11(2,3)9-7-15-10(13-9)8-5-12-14(4)6-8/h5-7H,1-4H3. The highest BCUT2D eigenvalue weighted by Gasteiger charge is 2.18. The second-order valence-electron chi connectivity index (χ2n) is 4.69. The molecule has 3 nitrogen and oxygen atoms in total. The van der Waals surface area contributed by atoms with Crippen LogP contribution in [-0.4, -0.2) is 14.8 Å². The highest BCUT2D eigenvalue weighted by atomic mass is 32.1. The number of aryl methyl sites for hydroxylation is 1. The van der Waals surface area contributed by atoms with Crippen LogP contribution in [0.3, 0.4) is 0 Å². The third-order valence-electron chi connectivity index (χ3n) is 2.22. The van der Waals surface area contributed by atoms with Crippen molar-refractivity contribution in [2.45, 2.75) is 26.2 Å². The molecule has 2 aromatic heterocycles. The Morgan fingerprint density at radius 3 is 2.53 bits per heavy atom. The molecular weight excluding hydrogens is 206 g/mol. The van der Waals surface area contributed by atoms with E-state index in [0.717, 1.165) is 16.3 Å². The summed E-state index contributed by atoms with van der Waals surface area (Å²) in [6, 6.07) is 0. The molecule has 0 unspecified atom stereocenters. The van der Waals surface area contributed by atoms with Gasteiger partial charge in [-0.15, -0.1) is 11.3 Å². The zero-order chi connectivity index (χ0) is 11.1. The summed E-state index contributed by atoms with van der Waals surface area (Å²) in [5.41, 5.74) is 2.36. The van der Waals surface area contributed by atoms with Gasteiger partial charge in [0.25, 0.3) is 0 Å². The first-order chi connectivity index (χ1) is 6.97. The van der Waals surface area contributed by atoms with Crippen molar-refractivity contribution in [3.05, 3.63) is 23.5 Å². The number of rotatable bonds is 1. The van der Waals surface area contributed by atoms with Gasteiger partial charge in [0.1, 0.15) is 5.01 Å². The SMILES string of the molecule is Cn1cc(-c2nc(C(C)(C)C)cs2)cn1. The Bertz CT molecular complexity index is 462. The van der Waals surface area contributed by atoms with E-state index < -0.39 is 0 Å². The van der Waals surface area contributed by atoms with E-state index in [1.807, 2.05) is 19.4 Å². The van der Waals surface area contributed by atoms with E-state index in [-0.39, 0.29) is 5.41 Å². The number of hydrogen-bond acceptors (Lipinski definition) is 3. The summed E-state index contributed by atoms with van der Waals surface area (Å²) in [5.74, 6) is 0. The molecule has 0 spiro atoms. The molecule has 0 amide bonds. The van der Waals surface area contributed by atoms with Crippen LogP contribution in [0.25, 0.3) is 10.6 Å². The Morgan fingerprint density at radius 1 is 1.33 bits per heavy atom. The molecule has 80 valence electrons. The zero-order valence-corrected chi connectivity index (χ0v) is 10.3. The Labute approximate surface area is 93.8 Å². The maximum Gasteiger partial charge on any atom is 0.126 e. The van der Waals surface area contributed by atoms with E-state index in [2.05, 4.69) is 36.2 Å². The summed E-state index contributed by atoms with van der Waals surface area (Å²) in [6.45, 7) is 6.53. The lowest BCUT2D eigenvalue weighted by Crippen LogP contribution is -2.11. The van der Waals surface area contributed by atoms with Crippen molar-refractivity contribution in [3.63, 3.8) is 0 Å². The summed E-state index contributed by atoms with van der Waals surface area (Å²) >= 11 is 1.68. The fourth-order valence-corrected chi connectivity index (χ4v) is 2.30. The molecular formula is C11H15N3S. The quantitative estimate of drug-likeness (QED) is 0.741. The summed E-state index contributed by atoms with van der Waals surface area (Å²) in [6.07, 6.45) is 3.84. The predicted molar refractivity (Wildman–Crippen MR) is 63.0 cm³/mol. The van der Waals surface area contributed by atoms with Gasteiger partial charge in [-0.05, 0) is 0 Å². The van der Waals surface area contributed by atoms with Gasteiger partial charge in [-0.25, -0.2) is 4.98 Å². The van der Waals surface area contributed by atoms with E-state index in [0.29, 0.717) is 0 Å². The van der Waals surface area contributed by atoms with Gasteiger partial charge in [-0.3, -0.25) is 4.68 Å². The number of aromatic nitrogens is 3. The Balaban J connectivity index is 2.36. The molecule has 15 heavy (non-hydrogen) atoms. The zero-order valence-electron chi connectivity index (χ0n) is 9.48. The van der Waals surface area contributed by atoms with Gasteiger partial charge in [0.05, 0.1) is 11.9 Å². The van der Waals surface area contributed by atoms with Crippen molar-refractivity contribution in [3.8, 4) is 10.6 Å². The highest BCUT2D eigenvalue weighted by Crippen LogP contribution is 2.29. The van der Waals surface area contributed by atoms with Crippen molar-refractivity contribution >= 4 is 11.3 Å². The first kappa shape index (κ1) is 10.4. The summed E-state index contributed by atoms with van der Waals surface area (Å²) in [7, 11) is 1.92. The van der Waals surface area contributed by atoms with Gasteiger partial charge >= 0.3 is 0 Å². The van der Waals surface area contributed by atoms with Crippen LogP contribution in [0.1, 0.15) is 26.5 Å². The number of hydrogen-bond donors (Lipinski definition) is 0. The molecule has 0 aromatic carbocycles. The summed E-state index contributed by atoms with van der Waals surface area (Å²) in [4.78, 5) is 4.63. The maximum absolute atomic E-state index is 4.63. The van der Waals surface area contributed by atoms with Gasteiger partial charge < -0.3 is 0 Å². The average Bonchev–Trinajstić information content (AvgIpc) is 2.69. The smallest absolute Gasteiger partial charge is 0.126 e. The molecule has 0 atom stereocenters. The van der Waals surface area contributed by atoms with Gasteiger partial charge in [0.2, 0.25) is 0 Å². The van der Waals surface area contributed by atoms with Crippen molar-refractivity contribution in [2.75, 3.05) is 0 Å². The lowest BCUT2D eigenvalue weighted by atomic mass is 9.93. The Kier molecular flexibility index (Phi) is 2.38. The molecule has 0 fully saturated rings. The van der Waals surface area contributed by atoms with Crippen LogP contribution in [0.2, 0.25) is 0 Å². The highest BCUT2D eigenvalue weighted by molar-refractivity contribution is 7.13. The largest absolute Gasteiger partial charge is 0.275 e. The fourth-order valence-electron chi connectivity index (χ4n) is 1.28. The Morgan fingerprint density at radius 2 is 2.07 bits per heavy atom. The van der Waals surface area contributed by atoms with Crippen molar-refractivity contribution in [2.24, 2.45) is 7.05 Å². The third kappa shape index (κ3) is 2.09. The van der Waals surface area contributed by atoms with Crippen LogP contribution in [0, 0.1) is 0 Å². The summed E-state index contributed by atoms with van der Waals surface area (Å²) in [5, 5.41) is 7.32. The molecule has 2 rings (SSSR count). The monoisotopic (exact) mass is 221 g/mol. The molecule has 0 N–H and O–H groups in total. The molecule has 0 saturated carbocycles. The Hall–Kier alpha value is -1.16. The topological polar surface area (TPSA) is 30.7 Å². The average molecular weight is 221 g/mol. The van der Waals surface area contributed by atoms with Crippen LogP contribution < -0.4 is 0 Å². The van der Waals surface area contributed by atoms with Crippen molar-refractivity contribution in [1.29, 1.82) is 0 Å². The van der Waals surface area contributed by atoms with E-state index in [9.17, 15) is 0 Å². The third-order valence-corrected chi connectivity index (χ3v) is 3.12. The maximum atomic E-state index is 4.63. The second-order valence-corrected chi connectivity index (χ2v) is 5.55. The summed E-state index contributed by atoms with van der Waals surface area (Å²) < 4.78 is 1.80. The van der Waals surface area contributed by atoms with Crippen LogP contribution in [-0.2, 0) is 12.5 Å². The van der Waals surface area contributed by atoms with Crippen LogP contribution >= 0.6 is 11.3 Å². The molecule has 0 saturated heterocycles. The molecule has 4 heteroatoms. The van der Waals surface area contributed by atoms with Crippen molar-refractivity contribution < 1.29 is 0 Å². The van der Waals surface area contributed by atoms with E-state index in [4.69, 9.17) is 0 Å². The molecule has 0 bridgehead atoms. The predicted octanol–water partition coefficient (Wildman–Crippen LogP) is 2.84. The van der Waals surface area contributed by atoms with Crippen LogP contribution in [0.4, 0.5) is 0 Å². The molecule has 0 aliphatic heterocycles. The fraction of sp³-hybridized carbons (Fsp3) is 0.455. The van der Waals surface area contributed by atoms with Crippen LogP contribution in [0.5, 0.6) is 0 Å². The van der Waals surface area contributed by atoms with Crippen LogP contribution in [0.15, 0.2) is 17.8 Å². The minimum Gasteiger partial charge on any atom is -0.275 e. The first-order valence-corrected chi connectivity index (χ1v) is 5.80. The van der Waals surface area contributed by atoms with E-state index in [1.54, 1.807) is 16.0 Å². The minimum absolute atomic E-state index is 0.122. The van der Waals surface area contributed by atoms with Gasteiger partial charge in [-0.1, -0.05) is 20.8 Å². The molecule has 0 radical (unpaired) electrons. The second kappa shape index (κ2) is 3.45. The van der Waals surface area contributed by atoms with E-state index >= 15 is 0 Å².